The van der Waals surface area contributed by atoms with E-state index in [-0.39, 0.29) is 17.1 Å². The molecule has 4 rings (SSSR count). The van der Waals surface area contributed by atoms with Gasteiger partial charge in [-0.1, -0.05) is 60.7 Å². The second-order valence-corrected chi connectivity index (χ2v) is 9.50. The van der Waals surface area contributed by atoms with Crippen LogP contribution in [0.3, 0.4) is 0 Å². The zero-order chi connectivity index (χ0) is 24.1. The first kappa shape index (κ1) is 23.3. The summed E-state index contributed by atoms with van der Waals surface area (Å²) in [6.45, 7) is 1.44. The van der Waals surface area contributed by atoms with E-state index in [9.17, 15) is 18.0 Å². The molecule has 4 aromatic rings. The number of benzene rings is 3. The number of Topliss-reactive ketones (excluding diaryl/α,β-unsaturated/α-hetero) is 1. The predicted molar refractivity (Wildman–Crippen MR) is 131 cm³/mol. The summed E-state index contributed by atoms with van der Waals surface area (Å²) in [6.07, 6.45) is 1.66. The molecule has 0 saturated heterocycles. The molecule has 7 nitrogen and oxygen atoms in total. The average Bonchev–Trinajstić information content (AvgIpc) is 2.84. The molecule has 1 atom stereocenters. The van der Waals surface area contributed by atoms with E-state index in [4.69, 9.17) is 0 Å². The first-order valence-electron chi connectivity index (χ1n) is 10.7. The summed E-state index contributed by atoms with van der Waals surface area (Å²) in [5, 5.41) is 3.41. The SMILES string of the molecule is CC(=O)c1cccc(NC(=O)[C@@H](Cc2ccccc2)NS(=O)(=O)c2cccc3cccnc23)c1. The van der Waals surface area contributed by atoms with E-state index in [1.807, 2.05) is 30.3 Å². The normalized spacial score (nSPS) is 12.3. The van der Waals surface area contributed by atoms with Crippen molar-refractivity contribution in [2.75, 3.05) is 5.32 Å². The number of rotatable bonds is 8. The molecule has 0 fully saturated rings. The highest BCUT2D eigenvalue weighted by Gasteiger charge is 2.28. The number of anilines is 1. The standard InChI is InChI=1S/C26H23N3O4S/c1-18(30)21-11-5-13-22(17-21)28-26(31)23(16-19-8-3-2-4-9-19)29-34(32,33)24-14-6-10-20-12-7-15-27-25(20)24/h2-15,17,23,29H,16H2,1H3,(H,28,31)/t23-/m1/s1. The van der Waals surface area contributed by atoms with Crippen LogP contribution in [-0.2, 0) is 21.2 Å². The van der Waals surface area contributed by atoms with Crippen molar-refractivity contribution in [3.63, 3.8) is 0 Å². The topological polar surface area (TPSA) is 105 Å². The number of nitrogens with zero attached hydrogens (tertiary/aromatic N) is 1. The second kappa shape index (κ2) is 9.94. The number of carbonyl (C=O) groups excluding carboxylic acids is 2. The van der Waals surface area contributed by atoms with Crippen LogP contribution in [0.5, 0.6) is 0 Å². The number of nitrogens with one attached hydrogen (secondary N) is 2. The van der Waals surface area contributed by atoms with Crippen molar-refractivity contribution in [2.45, 2.75) is 24.3 Å². The van der Waals surface area contributed by atoms with Crippen LogP contribution in [0.15, 0.2) is 96.0 Å². The van der Waals surface area contributed by atoms with Gasteiger partial charge in [0.1, 0.15) is 10.9 Å². The first-order valence-corrected chi connectivity index (χ1v) is 12.1. The smallest absolute Gasteiger partial charge is 0.243 e. The minimum absolute atomic E-state index is 0.00459. The Morgan fingerprint density at radius 1 is 0.912 bits per heavy atom. The highest BCUT2D eigenvalue weighted by Crippen LogP contribution is 2.21. The quantitative estimate of drug-likeness (QED) is 0.377. The Balaban J connectivity index is 1.66. The van der Waals surface area contributed by atoms with Crippen molar-refractivity contribution in [3.8, 4) is 0 Å². The minimum atomic E-state index is -4.09. The van der Waals surface area contributed by atoms with Gasteiger partial charge in [0.2, 0.25) is 15.9 Å². The summed E-state index contributed by atoms with van der Waals surface area (Å²) in [5.74, 6) is -0.678. The van der Waals surface area contributed by atoms with Gasteiger partial charge >= 0.3 is 0 Å². The molecule has 0 spiro atoms. The number of para-hydroxylation sites is 1. The van der Waals surface area contributed by atoms with Crippen LogP contribution in [0.1, 0.15) is 22.8 Å². The maximum atomic E-state index is 13.4. The maximum Gasteiger partial charge on any atom is 0.243 e. The summed E-state index contributed by atoms with van der Waals surface area (Å²) in [4.78, 5) is 29.2. The van der Waals surface area contributed by atoms with Gasteiger partial charge in [0.25, 0.3) is 0 Å². The number of hydrogen-bond donors (Lipinski definition) is 2. The van der Waals surface area contributed by atoms with Gasteiger partial charge in [0, 0.05) is 22.8 Å². The van der Waals surface area contributed by atoms with E-state index in [0.717, 1.165) is 5.56 Å². The van der Waals surface area contributed by atoms with E-state index >= 15 is 0 Å². The predicted octanol–water partition coefficient (Wildman–Crippen LogP) is 3.97. The molecule has 0 aliphatic rings. The molecule has 3 aromatic carbocycles. The van der Waals surface area contributed by atoms with Gasteiger partial charge in [-0.3, -0.25) is 14.6 Å². The van der Waals surface area contributed by atoms with Crippen LogP contribution < -0.4 is 10.0 Å². The lowest BCUT2D eigenvalue weighted by Crippen LogP contribution is -2.45. The van der Waals surface area contributed by atoms with Crippen molar-refractivity contribution < 1.29 is 18.0 Å². The van der Waals surface area contributed by atoms with Crippen molar-refractivity contribution in [1.82, 2.24) is 9.71 Å². The number of amides is 1. The number of fused-ring (bicyclic) bond motifs is 1. The van der Waals surface area contributed by atoms with Crippen LogP contribution in [0.4, 0.5) is 5.69 Å². The fourth-order valence-corrected chi connectivity index (χ4v) is 5.00. The molecule has 172 valence electrons. The van der Waals surface area contributed by atoms with Crippen LogP contribution in [0, 0.1) is 0 Å². The molecule has 0 radical (unpaired) electrons. The van der Waals surface area contributed by atoms with E-state index in [1.54, 1.807) is 48.5 Å². The molecule has 0 saturated carbocycles. The second-order valence-electron chi connectivity index (χ2n) is 7.82. The molecule has 1 amide bonds. The van der Waals surface area contributed by atoms with Crippen molar-refractivity contribution in [1.29, 1.82) is 0 Å². The van der Waals surface area contributed by atoms with Crippen molar-refractivity contribution in [3.05, 3.63) is 102 Å². The van der Waals surface area contributed by atoms with Crippen LogP contribution in [-0.4, -0.2) is 31.1 Å². The van der Waals surface area contributed by atoms with Gasteiger partial charge in [-0.25, -0.2) is 8.42 Å². The molecule has 0 bridgehead atoms. The molecule has 8 heteroatoms. The third-order valence-corrected chi connectivity index (χ3v) is 6.82. The number of pyridine rings is 1. The van der Waals surface area contributed by atoms with Crippen LogP contribution in [0.2, 0.25) is 0 Å². The summed E-state index contributed by atoms with van der Waals surface area (Å²) in [5.41, 5.74) is 1.96. The summed E-state index contributed by atoms with van der Waals surface area (Å²) in [6, 6.07) is 22.9. The number of sulfonamides is 1. The Bertz CT molecular complexity index is 1450. The lowest BCUT2D eigenvalue weighted by Gasteiger charge is -2.19. The Labute approximate surface area is 197 Å². The number of hydrogen-bond acceptors (Lipinski definition) is 5. The molecule has 34 heavy (non-hydrogen) atoms. The lowest BCUT2D eigenvalue weighted by molar-refractivity contribution is -0.117. The van der Waals surface area contributed by atoms with Gasteiger partial charge in [-0.15, -0.1) is 0 Å². The molecule has 1 aromatic heterocycles. The van der Waals surface area contributed by atoms with Crippen molar-refractivity contribution >= 4 is 38.3 Å². The highest BCUT2D eigenvalue weighted by molar-refractivity contribution is 7.89. The Morgan fingerprint density at radius 2 is 1.65 bits per heavy atom. The van der Waals surface area contributed by atoms with Gasteiger partial charge in [0.15, 0.2) is 5.78 Å². The third kappa shape index (κ3) is 5.36. The number of carbonyl (C=O) groups is 2. The molecule has 0 unspecified atom stereocenters. The zero-order valence-electron chi connectivity index (χ0n) is 18.4. The molecule has 0 aliphatic heterocycles. The van der Waals surface area contributed by atoms with Crippen LogP contribution in [0.25, 0.3) is 10.9 Å². The average molecular weight is 474 g/mol. The number of ketones is 1. The van der Waals surface area contributed by atoms with E-state index in [2.05, 4.69) is 15.0 Å². The molecular weight excluding hydrogens is 450 g/mol. The summed E-state index contributed by atoms with van der Waals surface area (Å²) >= 11 is 0. The number of aromatic nitrogens is 1. The van der Waals surface area contributed by atoms with Gasteiger partial charge in [-0.05, 0) is 43.2 Å². The van der Waals surface area contributed by atoms with Gasteiger partial charge in [-0.2, -0.15) is 4.72 Å². The molecule has 1 heterocycles. The fourth-order valence-electron chi connectivity index (χ4n) is 3.63. The lowest BCUT2D eigenvalue weighted by atomic mass is 10.1. The largest absolute Gasteiger partial charge is 0.325 e. The maximum absolute atomic E-state index is 13.4. The summed E-state index contributed by atoms with van der Waals surface area (Å²) < 4.78 is 29.3. The summed E-state index contributed by atoms with van der Waals surface area (Å²) in [7, 11) is -4.09. The molecule has 2 N–H and O–H groups in total. The Morgan fingerprint density at radius 3 is 2.41 bits per heavy atom. The van der Waals surface area contributed by atoms with E-state index in [1.165, 1.54) is 19.2 Å². The molecule has 0 aliphatic carbocycles. The fraction of sp³-hybridized carbons (Fsp3) is 0.115. The van der Waals surface area contributed by atoms with Crippen molar-refractivity contribution in [2.24, 2.45) is 0 Å². The minimum Gasteiger partial charge on any atom is -0.325 e. The first-order chi connectivity index (χ1) is 16.3. The Hall–Kier alpha value is -3.88. The highest BCUT2D eigenvalue weighted by atomic mass is 32.2. The monoisotopic (exact) mass is 473 g/mol. The van der Waals surface area contributed by atoms with E-state index < -0.39 is 22.0 Å². The van der Waals surface area contributed by atoms with Gasteiger partial charge in [0.05, 0.1) is 5.52 Å². The van der Waals surface area contributed by atoms with E-state index in [0.29, 0.717) is 22.2 Å². The Kier molecular flexibility index (Phi) is 6.81. The van der Waals surface area contributed by atoms with Gasteiger partial charge < -0.3 is 5.32 Å². The molecular formula is C26H23N3O4S. The van der Waals surface area contributed by atoms with Crippen LogP contribution >= 0.6 is 0 Å². The zero-order valence-corrected chi connectivity index (χ0v) is 19.2. The third-order valence-electron chi connectivity index (χ3n) is 5.32.